The highest BCUT2D eigenvalue weighted by atomic mass is 35.5. The molecule has 3 heterocycles. The zero-order valence-electron chi connectivity index (χ0n) is 23.4. The van der Waals surface area contributed by atoms with Gasteiger partial charge in [0.1, 0.15) is 11.5 Å². The Kier molecular flexibility index (Phi) is 8.18. The fourth-order valence-electron chi connectivity index (χ4n) is 5.31. The van der Waals surface area contributed by atoms with Crippen LogP contribution in [0.25, 0.3) is 11.1 Å². The number of hydrogen-bond acceptors (Lipinski definition) is 8. The minimum Gasteiger partial charge on any atom is -0.481 e. The number of methoxy groups -OCH3 is 1. The predicted octanol–water partition coefficient (Wildman–Crippen LogP) is 4.01. The molecule has 0 radical (unpaired) electrons. The minimum atomic E-state index is -4.01. The lowest BCUT2D eigenvalue weighted by atomic mass is 9.87. The SMILES string of the molecule is COc1ncccc1-c1ccc(Cc2nc3c(c(=O)[nH]2)C(C)(N(C)C)NC(c2c(Cl)cc(S(N)(=O)=O)cc2Cl)C3)cc1. The van der Waals surface area contributed by atoms with E-state index < -0.39 is 21.7 Å². The van der Waals surface area contributed by atoms with E-state index in [1.807, 2.05) is 62.3 Å². The third-order valence-electron chi connectivity index (χ3n) is 7.61. The molecule has 0 bridgehead atoms. The van der Waals surface area contributed by atoms with Crippen molar-refractivity contribution >= 4 is 33.2 Å². The first-order valence-corrected chi connectivity index (χ1v) is 15.3. The Morgan fingerprint density at radius 1 is 1.14 bits per heavy atom. The third-order valence-corrected chi connectivity index (χ3v) is 9.13. The Labute approximate surface area is 253 Å². The summed E-state index contributed by atoms with van der Waals surface area (Å²) >= 11 is 13.1. The largest absolute Gasteiger partial charge is 0.481 e. The van der Waals surface area contributed by atoms with Crippen LogP contribution in [-0.4, -0.2) is 49.5 Å². The fraction of sp³-hybridized carbons (Fsp3) is 0.276. The van der Waals surface area contributed by atoms with Gasteiger partial charge in [0.25, 0.3) is 5.56 Å². The molecule has 4 aromatic rings. The van der Waals surface area contributed by atoms with Crippen LogP contribution in [0.15, 0.2) is 64.4 Å². The molecule has 220 valence electrons. The second-order valence-corrected chi connectivity index (χ2v) is 12.9. The molecule has 0 amide bonds. The number of rotatable bonds is 7. The van der Waals surface area contributed by atoms with Crippen LogP contribution in [0.5, 0.6) is 5.88 Å². The smallest absolute Gasteiger partial charge is 0.257 e. The quantitative estimate of drug-likeness (QED) is 0.279. The molecule has 1 aliphatic rings. The summed E-state index contributed by atoms with van der Waals surface area (Å²) in [6.07, 6.45) is 2.37. The molecule has 2 atom stereocenters. The van der Waals surface area contributed by atoms with Crippen LogP contribution in [0.3, 0.4) is 0 Å². The van der Waals surface area contributed by atoms with Crippen molar-refractivity contribution in [3.8, 4) is 17.0 Å². The molecule has 0 spiro atoms. The van der Waals surface area contributed by atoms with Crippen LogP contribution in [0.4, 0.5) is 0 Å². The molecule has 0 saturated carbocycles. The van der Waals surface area contributed by atoms with E-state index in [2.05, 4.69) is 15.3 Å². The summed E-state index contributed by atoms with van der Waals surface area (Å²) in [5, 5.41) is 9.06. The number of nitrogens with one attached hydrogen (secondary N) is 2. The maximum Gasteiger partial charge on any atom is 0.257 e. The molecular formula is C29H30Cl2N6O4S. The summed E-state index contributed by atoms with van der Waals surface area (Å²) in [5.41, 5.74) is 3.16. The Hall–Kier alpha value is -3.32. The molecule has 0 aliphatic carbocycles. The van der Waals surface area contributed by atoms with Gasteiger partial charge in [0, 0.05) is 46.3 Å². The van der Waals surface area contributed by atoms with Gasteiger partial charge in [-0.3, -0.25) is 15.0 Å². The standard InChI is InChI=1S/C29H30Cl2N6O4S/c1-29(37(2)3)26-23(15-22(36-29)25-20(30)13-18(14-21(25)31)42(32,39)40)34-24(35-27(26)38)12-16-7-9-17(10-8-16)19-6-5-11-33-28(19)41-4/h5-11,13-14,22,36H,12,15H2,1-4H3,(H2,32,39,40)(H,34,35,38). The number of benzene rings is 2. The number of halogens is 2. The Morgan fingerprint density at radius 2 is 1.81 bits per heavy atom. The van der Waals surface area contributed by atoms with E-state index >= 15 is 0 Å². The Morgan fingerprint density at radius 3 is 2.40 bits per heavy atom. The molecule has 1 aliphatic heterocycles. The second kappa shape index (κ2) is 11.4. The monoisotopic (exact) mass is 628 g/mol. The first-order valence-electron chi connectivity index (χ1n) is 13.0. The molecule has 42 heavy (non-hydrogen) atoms. The number of pyridine rings is 1. The maximum absolute atomic E-state index is 13.5. The summed E-state index contributed by atoms with van der Waals surface area (Å²) in [6.45, 7) is 1.88. The van der Waals surface area contributed by atoms with Gasteiger partial charge in [0.15, 0.2) is 0 Å². The molecule has 2 aromatic heterocycles. The van der Waals surface area contributed by atoms with Crippen molar-refractivity contribution in [1.82, 2.24) is 25.2 Å². The van der Waals surface area contributed by atoms with E-state index in [1.165, 1.54) is 12.1 Å². The van der Waals surface area contributed by atoms with E-state index in [-0.39, 0.29) is 20.5 Å². The van der Waals surface area contributed by atoms with Gasteiger partial charge >= 0.3 is 0 Å². The molecule has 2 unspecified atom stereocenters. The zero-order chi connectivity index (χ0) is 30.4. The number of nitrogens with zero attached hydrogens (tertiary/aromatic N) is 3. The number of hydrogen-bond donors (Lipinski definition) is 3. The van der Waals surface area contributed by atoms with Crippen molar-refractivity contribution in [2.24, 2.45) is 5.14 Å². The van der Waals surface area contributed by atoms with Gasteiger partial charge < -0.3 is 9.72 Å². The van der Waals surface area contributed by atoms with Gasteiger partial charge in [-0.2, -0.15) is 0 Å². The molecule has 10 nitrogen and oxygen atoms in total. The van der Waals surface area contributed by atoms with E-state index in [9.17, 15) is 13.2 Å². The average Bonchev–Trinajstić information content (AvgIpc) is 2.92. The Bertz CT molecular complexity index is 1810. The summed E-state index contributed by atoms with van der Waals surface area (Å²) in [6, 6.07) is 13.8. The lowest BCUT2D eigenvalue weighted by molar-refractivity contribution is 0.0947. The number of fused-ring (bicyclic) bond motifs is 1. The predicted molar refractivity (Wildman–Crippen MR) is 162 cm³/mol. The van der Waals surface area contributed by atoms with E-state index in [1.54, 1.807) is 13.3 Å². The number of nitrogens with two attached hydrogens (primary N) is 1. The van der Waals surface area contributed by atoms with Crippen molar-refractivity contribution in [2.45, 2.75) is 36.4 Å². The molecule has 4 N–H and O–H groups in total. The van der Waals surface area contributed by atoms with Crippen LogP contribution >= 0.6 is 23.2 Å². The molecular weight excluding hydrogens is 599 g/mol. The van der Waals surface area contributed by atoms with Gasteiger partial charge in [-0.15, -0.1) is 0 Å². The number of ether oxygens (including phenoxy) is 1. The number of aromatic amines is 1. The molecule has 2 aromatic carbocycles. The number of H-pyrrole nitrogens is 1. The van der Waals surface area contributed by atoms with Gasteiger partial charge in [-0.1, -0.05) is 47.5 Å². The normalized spacial score (nSPS) is 18.6. The highest BCUT2D eigenvalue weighted by Crippen LogP contribution is 2.40. The number of aromatic nitrogens is 3. The van der Waals surface area contributed by atoms with Crippen LogP contribution in [-0.2, 0) is 28.5 Å². The lowest BCUT2D eigenvalue weighted by Crippen LogP contribution is -2.58. The Balaban J connectivity index is 1.51. The molecule has 13 heteroatoms. The summed E-state index contributed by atoms with van der Waals surface area (Å²) in [4.78, 5) is 27.3. The third kappa shape index (κ3) is 5.68. The summed E-state index contributed by atoms with van der Waals surface area (Å²) in [5.74, 6) is 1.05. The van der Waals surface area contributed by atoms with Gasteiger partial charge in [0.05, 0.1) is 23.3 Å². The average molecular weight is 630 g/mol. The summed E-state index contributed by atoms with van der Waals surface area (Å²) in [7, 11) is 1.27. The molecule has 0 saturated heterocycles. The first-order chi connectivity index (χ1) is 19.8. The van der Waals surface area contributed by atoms with Crippen molar-refractivity contribution in [2.75, 3.05) is 21.2 Å². The minimum absolute atomic E-state index is 0.143. The van der Waals surface area contributed by atoms with Crippen molar-refractivity contribution < 1.29 is 13.2 Å². The van der Waals surface area contributed by atoms with Gasteiger partial charge in [-0.25, -0.2) is 23.5 Å². The highest BCUT2D eigenvalue weighted by Gasteiger charge is 2.42. The first kappa shape index (κ1) is 30.1. The van der Waals surface area contributed by atoms with Gasteiger partial charge in [0.2, 0.25) is 15.9 Å². The van der Waals surface area contributed by atoms with Crippen LogP contribution < -0.4 is 20.8 Å². The van der Waals surface area contributed by atoms with Crippen LogP contribution in [0, 0.1) is 0 Å². The zero-order valence-corrected chi connectivity index (χ0v) is 25.7. The van der Waals surface area contributed by atoms with E-state index in [0.717, 1.165) is 16.7 Å². The maximum atomic E-state index is 13.5. The van der Waals surface area contributed by atoms with E-state index in [0.29, 0.717) is 41.4 Å². The summed E-state index contributed by atoms with van der Waals surface area (Å²) < 4.78 is 29.2. The number of primary sulfonamides is 1. The number of sulfonamides is 1. The lowest BCUT2D eigenvalue weighted by Gasteiger charge is -2.45. The van der Waals surface area contributed by atoms with Crippen molar-refractivity contribution in [3.05, 3.63) is 103 Å². The topological polar surface area (TPSA) is 143 Å². The second-order valence-electron chi connectivity index (χ2n) is 10.5. The van der Waals surface area contributed by atoms with Crippen LogP contribution in [0.2, 0.25) is 10.0 Å². The van der Waals surface area contributed by atoms with E-state index in [4.69, 9.17) is 38.1 Å². The fourth-order valence-corrected chi connectivity index (χ4v) is 6.76. The van der Waals surface area contributed by atoms with Crippen LogP contribution in [0.1, 0.15) is 41.2 Å². The molecule has 0 fully saturated rings. The van der Waals surface area contributed by atoms with Crippen molar-refractivity contribution in [3.63, 3.8) is 0 Å². The molecule has 5 rings (SSSR count). The van der Waals surface area contributed by atoms with Gasteiger partial charge in [-0.05, 0) is 56.4 Å². The highest BCUT2D eigenvalue weighted by molar-refractivity contribution is 7.89. The van der Waals surface area contributed by atoms with Crippen molar-refractivity contribution in [1.29, 1.82) is 0 Å².